The Morgan fingerprint density at radius 3 is 2.14 bits per heavy atom. The fraction of sp³-hybridized carbons (Fsp3) is 0.158. The van der Waals surface area contributed by atoms with E-state index in [1.807, 2.05) is 12.1 Å². The van der Waals surface area contributed by atoms with E-state index in [9.17, 15) is 0 Å². The molecule has 106 valence electrons. The van der Waals surface area contributed by atoms with Crippen LogP contribution in [-0.2, 0) is 13.0 Å². The van der Waals surface area contributed by atoms with Gasteiger partial charge in [-0.15, -0.1) is 0 Å². The van der Waals surface area contributed by atoms with Crippen LogP contribution in [0.15, 0.2) is 84.6 Å². The summed E-state index contributed by atoms with van der Waals surface area (Å²) in [6.07, 6.45) is 7.28. The van der Waals surface area contributed by atoms with Gasteiger partial charge in [-0.05, 0) is 29.2 Å². The van der Waals surface area contributed by atoms with Crippen LogP contribution in [0.2, 0.25) is 0 Å². The van der Waals surface area contributed by atoms with E-state index in [-0.39, 0.29) is 6.17 Å². The smallest absolute Gasteiger partial charge is 0.0963 e. The zero-order valence-corrected chi connectivity index (χ0v) is 12.0. The molecule has 0 bridgehead atoms. The molecule has 0 saturated heterocycles. The number of hydrogen-bond acceptors (Lipinski definition) is 2. The lowest BCUT2D eigenvalue weighted by atomic mass is 10.0. The van der Waals surface area contributed by atoms with Crippen molar-refractivity contribution >= 4 is 0 Å². The molecule has 2 aromatic rings. The van der Waals surface area contributed by atoms with E-state index in [0.717, 1.165) is 13.0 Å². The molecule has 0 saturated carbocycles. The lowest BCUT2D eigenvalue weighted by Crippen LogP contribution is -2.38. The molecule has 1 heterocycles. The third-order valence-corrected chi connectivity index (χ3v) is 3.68. The second-order valence-electron chi connectivity index (χ2n) is 5.37. The van der Waals surface area contributed by atoms with Crippen molar-refractivity contribution in [3.63, 3.8) is 0 Å². The Hall–Kier alpha value is -2.32. The van der Waals surface area contributed by atoms with Gasteiger partial charge in [0, 0.05) is 12.7 Å². The van der Waals surface area contributed by atoms with Gasteiger partial charge in [-0.1, -0.05) is 66.7 Å². The Bertz CT molecular complexity index is 629. The summed E-state index contributed by atoms with van der Waals surface area (Å²) in [6, 6.07) is 21.0. The first-order valence-corrected chi connectivity index (χ1v) is 7.29. The fourth-order valence-electron chi connectivity index (χ4n) is 2.56. The predicted molar refractivity (Wildman–Crippen MR) is 87.3 cm³/mol. The number of allylic oxidation sites excluding steroid dienone is 2. The molecule has 21 heavy (non-hydrogen) atoms. The first kappa shape index (κ1) is 13.7. The normalized spacial score (nSPS) is 17.7. The summed E-state index contributed by atoms with van der Waals surface area (Å²) >= 11 is 0. The molecule has 0 spiro atoms. The maximum Gasteiger partial charge on any atom is 0.0963 e. The van der Waals surface area contributed by atoms with Crippen molar-refractivity contribution < 1.29 is 0 Å². The van der Waals surface area contributed by atoms with Crippen LogP contribution in [0.4, 0.5) is 0 Å². The molecular formula is C19H20N2. The van der Waals surface area contributed by atoms with Crippen molar-refractivity contribution in [3.05, 3.63) is 95.7 Å². The highest BCUT2D eigenvalue weighted by Gasteiger charge is 2.13. The highest BCUT2D eigenvalue weighted by molar-refractivity contribution is 5.31. The number of rotatable bonds is 4. The van der Waals surface area contributed by atoms with Gasteiger partial charge in [0.2, 0.25) is 0 Å². The van der Waals surface area contributed by atoms with Crippen molar-refractivity contribution in [1.82, 2.24) is 4.90 Å². The minimum absolute atomic E-state index is 0.0512. The maximum atomic E-state index is 6.18. The van der Waals surface area contributed by atoms with Crippen molar-refractivity contribution in [2.75, 3.05) is 0 Å². The third-order valence-electron chi connectivity index (χ3n) is 3.68. The van der Waals surface area contributed by atoms with E-state index in [4.69, 9.17) is 5.73 Å². The summed E-state index contributed by atoms with van der Waals surface area (Å²) in [6.45, 7) is 0.838. The molecule has 0 aromatic heterocycles. The lowest BCUT2D eigenvalue weighted by Gasteiger charge is -2.29. The molecule has 0 fully saturated rings. The van der Waals surface area contributed by atoms with Gasteiger partial charge in [0.05, 0.1) is 6.17 Å². The largest absolute Gasteiger partial charge is 0.354 e. The van der Waals surface area contributed by atoms with Gasteiger partial charge in [-0.25, -0.2) is 0 Å². The van der Waals surface area contributed by atoms with E-state index >= 15 is 0 Å². The summed E-state index contributed by atoms with van der Waals surface area (Å²) < 4.78 is 0. The Labute approximate surface area is 126 Å². The molecule has 2 aromatic carbocycles. The second kappa shape index (κ2) is 6.42. The van der Waals surface area contributed by atoms with Crippen LogP contribution in [0.3, 0.4) is 0 Å². The Kier molecular flexibility index (Phi) is 4.17. The van der Waals surface area contributed by atoms with Crippen LogP contribution < -0.4 is 5.73 Å². The van der Waals surface area contributed by atoms with Crippen molar-refractivity contribution in [2.24, 2.45) is 5.73 Å². The minimum atomic E-state index is -0.0512. The van der Waals surface area contributed by atoms with Gasteiger partial charge in [0.25, 0.3) is 0 Å². The fourth-order valence-corrected chi connectivity index (χ4v) is 2.56. The minimum Gasteiger partial charge on any atom is -0.354 e. The summed E-state index contributed by atoms with van der Waals surface area (Å²) in [4.78, 5) is 2.19. The molecule has 1 aliphatic heterocycles. The van der Waals surface area contributed by atoms with Gasteiger partial charge < -0.3 is 10.6 Å². The molecule has 2 heteroatoms. The molecule has 1 unspecified atom stereocenters. The zero-order valence-electron chi connectivity index (χ0n) is 12.0. The van der Waals surface area contributed by atoms with Crippen LogP contribution in [0.1, 0.15) is 11.1 Å². The van der Waals surface area contributed by atoms with E-state index < -0.39 is 0 Å². The maximum absolute atomic E-state index is 6.18. The third kappa shape index (κ3) is 3.61. The van der Waals surface area contributed by atoms with Gasteiger partial charge in [0.1, 0.15) is 0 Å². The van der Waals surface area contributed by atoms with Crippen molar-refractivity contribution in [1.29, 1.82) is 0 Å². The Balaban J connectivity index is 1.73. The van der Waals surface area contributed by atoms with E-state index in [1.54, 1.807) is 0 Å². The zero-order chi connectivity index (χ0) is 14.5. The summed E-state index contributed by atoms with van der Waals surface area (Å²) in [5.74, 6) is 0. The summed E-state index contributed by atoms with van der Waals surface area (Å²) in [7, 11) is 0. The van der Waals surface area contributed by atoms with Crippen molar-refractivity contribution in [3.8, 4) is 0 Å². The highest BCUT2D eigenvalue weighted by atomic mass is 15.2. The summed E-state index contributed by atoms with van der Waals surface area (Å²) in [5.41, 5.74) is 10.1. The van der Waals surface area contributed by atoms with Crippen LogP contribution in [0.5, 0.6) is 0 Å². The summed E-state index contributed by atoms with van der Waals surface area (Å²) in [5, 5.41) is 0. The SMILES string of the molecule is NC1C=CC(Cc2ccccc2)=CN1Cc1ccccc1. The molecule has 2 nitrogen and oxygen atoms in total. The standard InChI is InChI=1S/C19H20N2/c20-19-12-11-18(13-16-7-3-1-4-8-16)15-21(19)14-17-9-5-2-6-10-17/h1-12,15,19H,13-14,20H2. The average Bonchev–Trinajstić information content (AvgIpc) is 2.53. The molecule has 3 rings (SSSR count). The topological polar surface area (TPSA) is 29.3 Å². The number of nitrogens with two attached hydrogens (primary N) is 1. The monoisotopic (exact) mass is 276 g/mol. The van der Waals surface area contributed by atoms with E-state index in [2.05, 4.69) is 71.8 Å². The molecule has 0 aliphatic carbocycles. The quantitative estimate of drug-likeness (QED) is 0.926. The lowest BCUT2D eigenvalue weighted by molar-refractivity contribution is 0.310. The van der Waals surface area contributed by atoms with Crippen LogP contribution >= 0.6 is 0 Å². The van der Waals surface area contributed by atoms with Crippen molar-refractivity contribution in [2.45, 2.75) is 19.1 Å². The van der Waals surface area contributed by atoms with Gasteiger partial charge >= 0.3 is 0 Å². The predicted octanol–water partition coefficient (Wildman–Crippen LogP) is 3.47. The number of benzene rings is 2. The molecular weight excluding hydrogens is 256 g/mol. The van der Waals surface area contributed by atoms with Gasteiger partial charge in [-0.3, -0.25) is 0 Å². The second-order valence-corrected chi connectivity index (χ2v) is 5.37. The number of nitrogens with zero attached hydrogens (tertiary/aromatic N) is 1. The average molecular weight is 276 g/mol. The molecule has 0 radical (unpaired) electrons. The molecule has 1 aliphatic rings. The highest BCUT2D eigenvalue weighted by Crippen LogP contribution is 2.18. The van der Waals surface area contributed by atoms with Crippen LogP contribution in [-0.4, -0.2) is 11.1 Å². The molecule has 0 amide bonds. The Morgan fingerprint density at radius 2 is 1.48 bits per heavy atom. The molecule has 2 N–H and O–H groups in total. The van der Waals surface area contributed by atoms with Gasteiger partial charge in [-0.2, -0.15) is 0 Å². The Morgan fingerprint density at radius 1 is 0.857 bits per heavy atom. The first-order valence-electron chi connectivity index (χ1n) is 7.29. The number of hydrogen-bond donors (Lipinski definition) is 1. The van der Waals surface area contributed by atoms with Crippen LogP contribution in [0.25, 0.3) is 0 Å². The molecule has 1 atom stereocenters. The van der Waals surface area contributed by atoms with Crippen LogP contribution in [0, 0.1) is 0 Å². The van der Waals surface area contributed by atoms with E-state index in [0.29, 0.717) is 0 Å². The first-order chi connectivity index (χ1) is 10.3. The van der Waals surface area contributed by atoms with Gasteiger partial charge in [0.15, 0.2) is 0 Å². The van der Waals surface area contributed by atoms with E-state index in [1.165, 1.54) is 16.7 Å².